The summed E-state index contributed by atoms with van der Waals surface area (Å²) in [6.45, 7) is 0.260. The summed E-state index contributed by atoms with van der Waals surface area (Å²) in [6.07, 6.45) is 1.93. The lowest BCUT2D eigenvalue weighted by Crippen LogP contribution is -2.18. The fraction of sp³-hybridized carbons (Fsp3) is 0.308. The number of aliphatic hydroxyl groups excluding tert-OH is 1. The zero-order chi connectivity index (χ0) is 14.4. The molecule has 0 amide bonds. The van der Waals surface area contributed by atoms with Gasteiger partial charge in [-0.1, -0.05) is 30.3 Å². The van der Waals surface area contributed by atoms with Crippen molar-refractivity contribution < 1.29 is 10.0 Å². The number of hydrogen-bond acceptors (Lipinski definition) is 5. The summed E-state index contributed by atoms with van der Waals surface area (Å²) in [5, 5.41) is 24.2. The second kappa shape index (κ2) is 7.06. The van der Waals surface area contributed by atoms with Crippen molar-refractivity contribution in [2.75, 3.05) is 5.75 Å². The standard InChI is InChI=1S/C13H15N3O3S/c17-13(8-15-7-12(6-14-15)16(18)19)10-20-9-11-4-2-1-3-5-11/h1-7,13,17H,8-10H2. The van der Waals surface area contributed by atoms with Gasteiger partial charge in [-0.05, 0) is 5.56 Å². The minimum atomic E-state index is -0.580. The van der Waals surface area contributed by atoms with E-state index in [0.29, 0.717) is 5.75 Å². The maximum absolute atomic E-state index is 10.5. The monoisotopic (exact) mass is 293 g/mol. The van der Waals surface area contributed by atoms with Gasteiger partial charge in [0.1, 0.15) is 12.4 Å². The fourth-order valence-corrected chi connectivity index (χ4v) is 2.63. The minimum absolute atomic E-state index is 0.0610. The summed E-state index contributed by atoms with van der Waals surface area (Å²) in [6, 6.07) is 10.0. The number of hydrogen-bond donors (Lipinski definition) is 1. The van der Waals surface area contributed by atoms with Crippen molar-refractivity contribution in [1.29, 1.82) is 0 Å². The Hall–Kier alpha value is -1.86. The Morgan fingerprint density at radius 1 is 1.40 bits per heavy atom. The van der Waals surface area contributed by atoms with Gasteiger partial charge in [0.2, 0.25) is 0 Å². The first-order valence-electron chi connectivity index (χ1n) is 6.12. The summed E-state index contributed by atoms with van der Waals surface area (Å²) in [7, 11) is 0. The number of thioether (sulfide) groups is 1. The second-order valence-electron chi connectivity index (χ2n) is 4.33. The van der Waals surface area contributed by atoms with Gasteiger partial charge in [0.05, 0.1) is 17.6 Å². The van der Waals surface area contributed by atoms with Crippen LogP contribution in [0.15, 0.2) is 42.7 Å². The molecule has 0 aliphatic carbocycles. The third-order valence-electron chi connectivity index (χ3n) is 2.65. The number of nitrogens with zero attached hydrogens (tertiary/aromatic N) is 3. The third-order valence-corrected chi connectivity index (χ3v) is 3.81. The van der Waals surface area contributed by atoms with E-state index in [1.54, 1.807) is 11.8 Å². The molecule has 0 fully saturated rings. The van der Waals surface area contributed by atoms with Crippen molar-refractivity contribution in [2.24, 2.45) is 0 Å². The lowest BCUT2D eigenvalue weighted by atomic mass is 10.2. The number of nitro groups is 1. The van der Waals surface area contributed by atoms with Crippen LogP contribution in [0, 0.1) is 10.1 Å². The molecule has 1 aromatic carbocycles. The molecular formula is C13H15N3O3S. The van der Waals surface area contributed by atoms with Crippen LogP contribution in [-0.4, -0.2) is 31.7 Å². The minimum Gasteiger partial charge on any atom is -0.390 e. The zero-order valence-corrected chi connectivity index (χ0v) is 11.6. The first-order valence-corrected chi connectivity index (χ1v) is 7.27. The molecule has 0 aliphatic heterocycles. The average molecular weight is 293 g/mol. The first-order chi connectivity index (χ1) is 9.65. The lowest BCUT2D eigenvalue weighted by molar-refractivity contribution is -0.385. The van der Waals surface area contributed by atoms with E-state index in [2.05, 4.69) is 5.10 Å². The lowest BCUT2D eigenvalue weighted by Gasteiger charge is -2.10. The molecule has 0 bridgehead atoms. The van der Waals surface area contributed by atoms with Crippen molar-refractivity contribution in [3.8, 4) is 0 Å². The molecule has 0 spiro atoms. The van der Waals surface area contributed by atoms with E-state index in [4.69, 9.17) is 0 Å². The molecule has 0 saturated carbocycles. The second-order valence-corrected chi connectivity index (χ2v) is 5.36. The quantitative estimate of drug-likeness (QED) is 0.624. The molecule has 0 saturated heterocycles. The highest BCUT2D eigenvalue weighted by Gasteiger charge is 2.11. The average Bonchev–Trinajstić information content (AvgIpc) is 2.88. The molecule has 0 radical (unpaired) electrons. The van der Waals surface area contributed by atoms with Crippen LogP contribution in [0.5, 0.6) is 0 Å². The number of rotatable bonds is 7. The van der Waals surface area contributed by atoms with Crippen LogP contribution in [0.2, 0.25) is 0 Å². The molecule has 2 rings (SSSR count). The van der Waals surface area contributed by atoms with Gasteiger partial charge < -0.3 is 5.11 Å². The largest absolute Gasteiger partial charge is 0.390 e. The summed E-state index contributed by atoms with van der Waals surface area (Å²) >= 11 is 1.62. The van der Waals surface area contributed by atoms with Gasteiger partial charge in [-0.2, -0.15) is 16.9 Å². The van der Waals surface area contributed by atoms with Crippen LogP contribution in [0.1, 0.15) is 5.56 Å². The molecule has 1 N–H and O–H groups in total. The van der Waals surface area contributed by atoms with Gasteiger partial charge in [-0.3, -0.25) is 14.8 Å². The normalized spacial score (nSPS) is 12.2. The van der Waals surface area contributed by atoms with E-state index in [0.717, 1.165) is 5.75 Å². The van der Waals surface area contributed by atoms with E-state index in [9.17, 15) is 15.2 Å². The molecule has 1 atom stereocenters. The van der Waals surface area contributed by atoms with E-state index in [1.165, 1.54) is 22.6 Å². The summed E-state index contributed by atoms with van der Waals surface area (Å²) in [4.78, 5) is 10.0. The predicted molar refractivity (Wildman–Crippen MR) is 77.5 cm³/mol. The molecular weight excluding hydrogens is 278 g/mol. The summed E-state index contributed by atoms with van der Waals surface area (Å²) in [5.74, 6) is 1.39. The SMILES string of the molecule is O=[N+]([O-])c1cnn(CC(O)CSCc2ccccc2)c1. The smallest absolute Gasteiger partial charge is 0.306 e. The Morgan fingerprint density at radius 3 is 2.80 bits per heavy atom. The number of benzene rings is 1. The molecule has 1 heterocycles. The van der Waals surface area contributed by atoms with E-state index in [1.807, 2.05) is 30.3 Å². The Balaban J connectivity index is 1.74. The Labute approximate surface area is 120 Å². The van der Waals surface area contributed by atoms with Crippen molar-refractivity contribution in [2.45, 2.75) is 18.4 Å². The van der Waals surface area contributed by atoms with Crippen LogP contribution >= 0.6 is 11.8 Å². The van der Waals surface area contributed by atoms with E-state index in [-0.39, 0.29) is 12.2 Å². The summed E-state index contributed by atoms with van der Waals surface area (Å²) < 4.78 is 1.39. The molecule has 2 aromatic rings. The van der Waals surface area contributed by atoms with Gasteiger partial charge in [0, 0.05) is 11.5 Å². The number of aromatic nitrogens is 2. The molecule has 6 nitrogen and oxygen atoms in total. The molecule has 0 aliphatic rings. The highest BCUT2D eigenvalue weighted by atomic mass is 32.2. The van der Waals surface area contributed by atoms with Crippen LogP contribution in [0.4, 0.5) is 5.69 Å². The Kier molecular flexibility index (Phi) is 5.14. The van der Waals surface area contributed by atoms with Gasteiger partial charge in [-0.25, -0.2) is 0 Å². The van der Waals surface area contributed by atoms with Crippen LogP contribution in [0.3, 0.4) is 0 Å². The molecule has 1 aromatic heterocycles. The van der Waals surface area contributed by atoms with E-state index >= 15 is 0 Å². The Morgan fingerprint density at radius 2 is 2.15 bits per heavy atom. The summed E-state index contributed by atoms with van der Waals surface area (Å²) in [5.41, 5.74) is 1.15. The van der Waals surface area contributed by atoms with Crippen molar-refractivity contribution in [3.63, 3.8) is 0 Å². The maximum Gasteiger partial charge on any atom is 0.306 e. The van der Waals surface area contributed by atoms with Crippen LogP contribution < -0.4 is 0 Å². The van der Waals surface area contributed by atoms with Crippen LogP contribution in [0.25, 0.3) is 0 Å². The topological polar surface area (TPSA) is 81.2 Å². The van der Waals surface area contributed by atoms with Gasteiger partial charge in [-0.15, -0.1) is 0 Å². The zero-order valence-electron chi connectivity index (χ0n) is 10.8. The van der Waals surface area contributed by atoms with Crippen molar-refractivity contribution >= 4 is 17.4 Å². The van der Waals surface area contributed by atoms with Gasteiger partial charge in [0.15, 0.2) is 0 Å². The molecule has 20 heavy (non-hydrogen) atoms. The Bertz CT molecular complexity index is 559. The number of aliphatic hydroxyl groups is 1. The first kappa shape index (κ1) is 14.5. The van der Waals surface area contributed by atoms with Crippen LogP contribution in [-0.2, 0) is 12.3 Å². The molecule has 1 unspecified atom stereocenters. The predicted octanol–water partition coefficient (Wildman–Crippen LogP) is 2.09. The van der Waals surface area contributed by atoms with E-state index < -0.39 is 11.0 Å². The highest BCUT2D eigenvalue weighted by molar-refractivity contribution is 7.98. The molecule has 7 heteroatoms. The van der Waals surface area contributed by atoms with Gasteiger partial charge in [0.25, 0.3) is 0 Å². The third kappa shape index (κ3) is 4.36. The maximum atomic E-state index is 10.5. The highest BCUT2D eigenvalue weighted by Crippen LogP contribution is 2.14. The molecule has 106 valence electrons. The van der Waals surface area contributed by atoms with Crippen molar-refractivity contribution in [1.82, 2.24) is 9.78 Å². The fourth-order valence-electron chi connectivity index (χ4n) is 1.70. The van der Waals surface area contributed by atoms with Gasteiger partial charge >= 0.3 is 5.69 Å². The van der Waals surface area contributed by atoms with Crippen molar-refractivity contribution in [3.05, 3.63) is 58.4 Å².